The summed E-state index contributed by atoms with van der Waals surface area (Å²) in [5.74, 6) is 0. The van der Waals surface area contributed by atoms with Crippen molar-refractivity contribution in [1.29, 1.82) is 0 Å². The number of quaternary nitrogens is 1. The first-order valence-corrected chi connectivity index (χ1v) is 16.2. The molecule has 3 aromatic carbocycles. The molecule has 0 heterocycles. The van der Waals surface area contributed by atoms with Crippen LogP contribution in [0.25, 0.3) is 0 Å². The number of hydrogen-bond donors (Lipinski definition) is 0. The van der Waals surface area contributed by atoms with Crippen molar-refractivity contribution in [2.24, 2.45) is 0 Å². The fourth-order valence-corrected chi connectivity index (χ4v) is 6.92. The van der Waals surface area contributed by atoms with Crippen LogP contribution in [0.15, 0.2) is 91.0 Å². The van der Waals surface area contributed by atoms with Crippen LogP contribution in [0.5, 0.6) is 0 Å². The molecule has 1 atom stereocenters. The van der Waals surface area contributed by atoms with Crippen molar-refractivity contribution >= 4 is 0 Å². The van der Waals surface area contributed by atoms with E-state index in [0.29, 0.717) is 6.04 Å². The van der Waals surface area contributed by atoms with E-state index in [0.717, 1.165) is 6.42 Å². The van der Waals surface area contributed by atoms with Gasteiger partial charge >= 0.3 is 0 Å². The average molecular weight is 527 g/mol. The maximum absolute atomic E-state index is 2.38. The molecule has 0 radical (unpaired) electrons. The molecular formula is C38H56N+. The second-order valence-corrected chi connectivity index (χ2v) is 11.8. The maximum Gasteiger partial charge on any atom is 0.0890 e. The highest BCUT2D eigenvalue weighted by atomic mass is 15.4. The quantitative estimate of drug-likeness (QED) is 0.108. The molecule has 212 valence electrons. The number of unbranched alkanes of at least 4 members (excludes halogenated alkanes) is 4. The largest absolute Gasteiger partial charge is 0.321 e. The first-order chi connectivity index (χ1) is 19.2. The van der Waals surface area contributed by atoms with Crippen LogP contribution in [0.3, 0.4) is 0 Å². The zero-order valence-corrected chi connectivity index (χ0v) is 25.6. The predicted molar refractivity (Wildman–Crippen MR) is 171 cm³/mol. The number of rotatable bonds is 19. The summed E-state index contributed by atoms with van der Waals surface area (Å²) in [4.78, 5) is 0. The van der Waals surface area contributed by atoms with Crippen LogP contribution in [0.4, 0.5) is 0 Å². The lowest BCUT2D eigenvalue weighted by Gasteiger charge is -2.47. The summed E-state index contributed by atoms with van der Waals surface area (Å²) in [7, 11) is 0. The van der Waals surface area contributed by atoms with Gasteiger partial charge in [-0.15, -0.1) is 0 Å². The SMILES string of the molecule is CCCCC(CCC(c1ccccc1)(c1ccccc1)c1ccccc1)[N+](CCCC)(CCCC)CCCC. The van der Waals surface area contributed by atoms with Crippen molar-refractivity contribution in [2.75, 3.05) is 19.6 Å². The summed E-state index contributed by atoms with van der Waals surface area (Å²) in [5, 5.41) is 0. The van der Waals surface area contributed by atoms with Crippen LogP contribution in [0, 0.1) is 0 Å². The van der Waals surface area contributed by atoms with E-state index in [1.165, 1.54) is 105 Å². The highest BCUT2D eigenvalue weighted by Gasteiger charge is 2.41. The van der Waals surface area contributed by atoms with Crippen LogP contribution >= 0.6 is 0 Å². The second-order valence-electron chi connectivity index (χ2n) is 11.8. The molecular weight excluding hydrogens is 470 g/mol. The molecule has 3 rings (SSSR count). The predicted octanol–water partition coefficient (Wildman–Crippen LogP) is 10.6. The topological polar surface area (TPSA) is 0 Å². The van der Waals surface area contributed by atoms with E-state index in [2.05, 4.69) is 119 Å². The Bertz CT molecular complexity index is 892. The van der Waals surface area contributed by atoms with Gasteiger partial charge in [0.15, 0.2) is 0 Å². The van der Waals surface area contributed by atoms with Gasteiger partial charge in [0.05, 0.1) is 25.7 Å². The summed E-state index contributed by atoms with van der Waals surface area (Å²) < 4.78 is 1.34. The number of hydrogen-bond acceptors (Lipinski definition) is 0. The van der Waals surface area contributed by atoms with Gasteiger partial charge in [-0.2, -0.15) is 0 Å². The first-order valence-electron chi connectivity index (χ1n) is 16.2. The third-order valence-corrected chi connectivity index (χ3v) is 9.19. The monoisotopic (exact) mass is 526 g/mol. The molecule has 0 saturated carbocycles. The minimum Gasteiger partial charge on any atom is -0.321 e. The van der Waals surface area contributed by atoms with Gasteiger partial charge in [-0.25, -0.2) is 0 Å². The van der Waals surface area contributed by atoms with E-state index in [4.69, 9.17) is 0 Å². The van der Waals surface area contributed by atoms with E-state index in [9.17, 15) is 0 Å². The summed E-state index contributed by atoms with van der Waals surface area (Å²) in [6.45, 7) is 13.5. The van der Waals surface area contributed by atoms with Crippen molar-refractivity contribution in [1.82, 2.24) is 0 Å². The van der Waals surface area contributed by atoms with E-state index < -0.39 is 0 Å². The van der Waals surface area contributed by atoms with E-state index in [-0.39, 0.29) is 5.41 Å². The lowest BCUT2D eigenvalue weighted by molar-refractivity contribution is -0.952. The van der Waals surface area contributed by atoms with Gasteiger partial charge in [0.1, 0.15) is 0 Å². The highest BCUT2D eigenvalue weighted by molar-refractivity contribution is 5.50. The van der Waals surface area contributed by atoms with Crippen molar-refractivity contribution in [3.05, 3.63) is 108 Å². The van der Waals surface area contributed by atoms with Gasteiger partial charge in [0, 0.05) is 11.8 Å². The van der Waals surface area contributed by atoms with Crippen molar-refractivity contribution < 1.29 is 4.48 Å². The molecule has 0 N–H and O–H groups in total. The standard InChI is InChI=1S/C38H56N/c1-5-9-28-37(39(31-10-6-2,32-11-7-3)33-12-8-4)29-30-38(34-22-16-13-17-23-34,35-24-18-14-19-25-35)36-26-20-15-21-27-36/h13-27,37H,5-12,28-33H2,1-4H3/q+1. The zero-order valence-electron chi connectivity index (χ0n) is 25.6. The lowest BCUT2D eigenvalue weighted by Crippen LogP contribution is -2.57. The van der Waals surface area contributed by atoms with Gasteiger partial charge in [0.25, 0.3) is 0 Å². The molecule has 0 aliphatic carbocycles. The van der Waals surface area contributed by atoms with Crippen LogP contribution in [0.1, 0.15) is 115 Å². The molecule has 3 aromatic rings. The number of nitrogens with zero attached hydrogens (tertiary/aromatic N) is 1. The van der Waals surface area contributed by atoms with Gasteiger partial charge in [-0.05, 0) is 55.2 Å². The molecule has 0 saturated heterocycles. The normalized spacial score (nSPS) is 12.9. The molecule has 1 heteroatoms. The molecule has 0 fully saturated rings. The zero-order chi connectivity index (χ0) is 27.8. The lowest BCUT2D eigenvalue weighted by atomic mass is 9.66. The van der Waals surface area contributed by atoms with Crippen LogP contribution in [-0.4, -0.2) is 30.2 Å². The Balaban J connectivity index is 2.13. The van der Waals surface area contributed by atoms with Crippen LogP contribution < -0.4 is 0 Å². The smallest absolute Gasteiger partial charge is 0.0890 e. The van der Waals surface area contributed by atoms with E-state index in [1.54, 1.807) is 0 Å². The van der Waals surface area contributed by atoms with Gasteiger partial charge in [-0.1, -0.05) is 144 Å². The molecule has 0 bridgehead atoms. The molecule has 0 spiro atoms. The van der Waals surface area contributed by atoms with Gasteiger partial charge < -0.3 is 4.48 Å². The van der Waals surface area contributed by atoms with Gasteiger partial charge in [0.2, 0.25) is 0 Å². The Morgan fingerprint density at radius 1 is 0.487 bits per heavy atom. The molecule has 0 aromatic heterocycles. The molecule has 1 nitrogen and oxygen atoms in total. The fraction of sp³-hybridized carbons (Fsp3) is 0.526. The van der Waals surface area contributed by atoms with Crippen molar-refractivity contribution in [3.8, 4) is 0 Å². The molecule has 0 aliphatic rings. The fourth-order valence-electron chi connectivity index (χ4n) is 6.92. The minimum absolute atomic E-state index is 0.149. The summed E-state index contributed by atoms with van der Waals surface area (Å²) >= 11 is 0. The Morgan fingerprint density at radius 3 is 1.18 bits per heavy atom. The molecule has 39 heavy (non-hydrogen) atoms. The van der Waals surface area contributed by atoms with Crippen molar-refractivity contribution in [2.45, 2.75) is 110 Å². The first kappa shape index (κ1) is 31.2. The van der Waals surface area contributed by atoms with E-state index >= 15 is 0 Å². The third kappa shape index (κ3) is 8.07. The van der Waals surface area contributed by atoms with Crippen molar-refractivity contribution in [3.63, 3.8) is 0 Å². The van der Waals surface area contributed by atoms with E-state index in [1.807, 2.05) is 0 Å². The second kappa shape index (κ2) is 16.7. The Morgan fingerprint density at radius 2 is 0.846 bits per heavy atom. The number of benzene rings is 3. The van der Waals surface area contributed by atoms with Crippen LogP contribution in [-0.2, 0) is 5.41 Å². The maximum atomic E-state index is 2.38. The Kier molecular flexibility index (Phi) is 13.3. The summed E-state index contributed by atoms with van der Waals surface area (Å²) in [6.07, 6.45) is 14.3. The average Bonchev–Trinajstić information content (AvgIpc) is 3.00. The highest BCUT2D eigenvalue weighted by Crippen LogP contribution is 2.44. The van der Waals surface area contributed by atoms with Gasteiger partial charge in [-0.3, -0.25) is 0 Å². The molecule has 0 amide bonds. The van der Waals surface area contributed by atoms with Crippen LogP contribution in [0.2, 0.25) is 0 Å². The third-order valence-electron chi connectivity index (χ3n) is 9.19. The Labute approximate surface area is 241 Å². The Hall–Kier alpha value is -2.38. The molecule has 1 unspecified atom stereocenters. The summed E-state index contributed by atoms with van der Waals surface area (Å²) in [6, 6.07) is 34.8. The minimum atomic E-state index is -0.149. The molecule has 0 aliphatic heterocycles. The summed E-state index contributed by atoms with van der Waals surface area (Å²) in [5.41, 5.74) is 4.12.